The van der Waals surface area contributed by atoms with Crippen LogP contribution in [0.4, 0.5) is 4.39 Å². The second-order valence-electron chi connectivity index (χ2n) is 6.27. The Morgan fingerprint density at radius 2 is 1.81 bits per heavy atom. The Labute approximate surface area is 156 Å². The van der Waals surface area contributed by atoms with E-state index in [9.17, 15) is 14.0 Å². The quantitative estimate of drug-likeness (QED) is 0.361. The molecular weight excluding hydrogens is 347 g/mol. The average Bonchev–Trinajstić information content (AvgIpc) is 3.00. The van der Waals surface area contributed by atoms with Crippen LogP contribution in [0, 0.1) is 12.7 Å². The molecule has 27 heavy (non-hydrogen) atoms. The number of ether oxygens (including phenoxy) is 1. The number of aromatic amines is 1. The van der Waals surface area contributed by atoms with Crippen LogP contribution in [0.3, 0.4) is 0 Å². The van der Waals surface area contributed by atoms with Crippen molar-refractivity contribution in [3.8, 4) is 5.75 Å². The summed E-state index contributed by atoms with van der Waals surface area (Å²) in [5, 5.41) is 3.41. The number of nitrogens with one attached hydrogen (secondary N) is 2. The van der Waals surface area contributed by atoms with Gasteiger partial charge in [0.05, 0.1) is 12.2 Å². The van der Waals surface area contributed by atoms with Gasteiger partial charge in [-0.2, -0.15) is 0 Å². The fraction of sp³-hybridized carbons (Fsp3) is 0.238. The summed E-state index contributed by atoms with van der Waals surface area (Å²) >= 11 is 0. The highest BCUT2D eigenvalue weighted by atomic mass is 19.1. The molecule has 0 aliphatic rings. The number of carbonyl (C=O) groups excluding carboxylic acids is 2. The molecule has 0 fully saturated rings. The predicted molar refractivity (Wildman–Crippen MR) is 102 cm³/mol. The zero-order valence-corrected chi connectivity index (χ0v) is 15.0. The molecule has 2 N–H and O–H groups in total. The number of halogens is 1. The first-order valence-electron chi connectivity index (χ1n) is 8.84. The molecule has 0 unspecified atom stereocenters. The minimum absolute atomic E-state index is 0.305. The normalized spacial score (nSPS) is 10.7. The van der Waals surface area contributed by atoms with E-state index >= 15 is 0 Å². The molecule has 0 radical (unpaired) electrons. The van der Waals surface area contributed by atoms with Gasteiger partial charge in [-0.15, -0.1) is 0 Å². The van der Waals surface area contributed by atoms with Gasteiger partial charge in [-0.1, -0.05) is 18.2 Å². The van der Waals surface area contributed by atoms with Crippen LogP contribution in [0.15, 0.2) is 48.5 Å². The molecule has 0 spiro atoms. The van der Waals surface area contributed by atoms with E-state index in [0.717, 1.165) is 10.9 Å². The molecule has 3 aromatic rings. The van der Waals surface area contributed by atoms with Crippen LogP contribution in [-0.2, 0) is 4.79 Å². The third-order valence-electron chi connectivity index (χ3n) is 4.27. The molecule has 0 bridgehead atoms. The van der Waals surface area contributed by atoms with E-state index in [1.165, 1.54) is 12.1 Å². The van der Waals surface area contributed by atoms with E-state index in [-0.39, 0.29) is 5.82 Å². The average molecular weight is 368 g/mol. The third-order valence-corrected chi connectivity index (χ3v) is 4.27. The van der Waals surface area contributed by atoms with Gasteiger partial charge in [-0.25, -0.2) is 4.39 Å². The van der Waals surface area contributed by atoms with Crippen molar-refractivity contribution in [2.75, 3.05) is 13.2 Å². The van der Waals surface area contributed by atoms with Crippen LogP contribution < -0.4 is 10.1 Å². The summed E-state index contributed by atoms with van der Waals surface area (Å²) in [5.74, 6) is -0.847. The Hall–Kier alpha value is -3.15. The van der Waals surface area contributed by atoms with E-state index in [1.807, 2.05) is 24.3 Å². The fourth-order valence-corrected chi connectivity index (χ4v) is 2.91. The van der Waals surface area contributed by atoms with Crippen molar-refractivity contribution in [3.05, 3.63) is 65.6 Å². The smallest absolute Gasteiger partial charge is 0.292 e. The molecule has 0 aliphatic carbocycles. The first-order chi connectivity index (χ1) is 13.1. The second kappa shape index (κ2) is 8.49. The van der Waals surface area contributed by atoms with Gasteiger partial charge < -0.3 is 15.0 Å². The second-order valence-corrected chi connectivity index (χ2v) is 6.27. The SMILES string of the molecule is Cc1[nH]c2ccccc2c1C(=O)C(=O)NCCCCOc1ccc(F)cc1. The maximum atomic E-state index is 12.8. The van der Waals surface area contributed by atoms with Crippen LogP contribution in [0.2, 0.25) is 0 Å². The Morgan fingerprint density at radius 3 is 2.59 bits per heavy atom. The molecule has 0 saturated heterocycles. The van der Waals surface area contributed by atoms with Gasteiger partial charge in [-0.3, -0.25) is 9.59 Å². The van der Waals surface area contributed by atoms with Crippen molar-refractivity contribution in [3.63, 3.8) is 0 Å². The largest absolute Gasteiger partial charge is 0.494 e. The van der Waals surface area contributed by atoms with Gasteiger partial charge >= 0.3 is 0 Å². The lowest BCUT2D eigenvalue weighted by Gasteiger charge is -2.07. The van der Waals surface area contributed by atoms with Crippen molar-refractivity contribution in [2.24, 2.45) is 0 Å². The molecule has 3 rings (SSSR count). The maximum Gasteiger partial charge on any atom is 0.292 e. The topological polar surface area (TPSA) is 71.2 Å². The molecule has 6 heteroatoms. The number of Topliss-reactive ketones (excluding diaryl/α,β-unsaturated/α-hetero) is 1. The minimum Gasteiger partial charge on any atom is -0.494 e. The molecule has 0 saturated carbocycles. The van der Waals surface area contributed by atoms with Crippen LogP contribution in [0.5, 0.6) is 5.75 Å². The van der Waals surface area contributed by atoms with Crippen molar-refractivity contribution < 1.29 is 18.7 Å². The van der Waals surface area contributed by atoms with Gasteiger partial charge in [0.2, 0.25) is 0 Å². The number of amides is 1. The van der Waals surface area contributed by atoms with E-state index in [2.05, 4.69) is 10.3 Å². The van der Waals surface area contributed by atoms with Crippen LogP contribution in [0.25, 0.3) is 10.9 Å². The molecular formula is C21H21FN2O3. The van der Waals surface area contributed by atoms with Gasteiger partial charge in [0, 0.05) is 23.1 Å². The number of para-hydroxylation sites is 1. The molecule has 0 atom stereocenters. The number of H-pyrrole nitrogens is 1. The van der Waals surface area contributed by atoms with Gasteiger partial charge in [-0.05, 0) is 50.1 Å². The summed E-state index contributed by atoms with van der Waals surface area (Å²) in [4.78, 5) is 27.8. The van der Waals surface area contributed by atoms with Gasteiger partial charge in [0.15, 0.2) is 0 Å². The molecule has 1 aromatic heterocycles. The minimum atomic E-state index is -0.609. The lowest BCUT2D eigenvalue weighted by molar-refractivity contribution is -0.117. The molecule has 0 aliphatic heterocycles. The summed E-state index contributed by atoms with van der Waals surface area (Å²) in [6.07, 6.45) is 1.38. The first kappa shape index (κ1) is 18.6. The van der Waals surface area contributed by atoms with Gasteiger partial charge in [0.25, 0.3) is 11.7 Å². The summed E-state index contributed by atoms with van der Waals surface area (Å²) in [6.45, 7) is 2.63. The number of fused-ring (bicyclic) bond motifs is 1. The monoisotopic (exact) mass is 368 g/mol. The van der Waals surface area contributed by atoms with E-state index in [0.29, 0.717) is 43.0 Å². The first-order valence-corrected chi connectivity index (χ1v) is 8.84. The molecule has 5 nitrogen and oxygen atoms in total. The van der Waals surface area contributed by atoms with E-state index < -0.39 is 11.7 Å². The third kappa shape index (κ3) is 4.53. The Morgan fingerprint density at radius 1 is 1.07 bits per heavy atom. The van der Waals surface area contributed by atoms with E-state index in [4.69, 9.17) is 4.74 Å². The van der Waals surface area contributed by atoms with Crippen LogP contribution in [-0.4, -0.2) is 29.8 Å². The molecule has 2 aromatic carbocycles. The van der Waals surface area contributed by atoms with Crippen molar-refractivity contribution in [1.82, 2.24) is 10.3 Å². The summed E-state index contributed by atoms with van der Waals surface area (Å²) < 4.78 is 18.3. The highest BCUT2D eigenvalue weighted by Gasteiger charge is 2.22. The summed E-state index contributed by atoms with van der Waals surface area (Å²) in [5.41, 5.74) is 1.94. The number of hydrogen-bond acceptors (Lipinski definition) is 3. The van der Waals surface area contributed by atoms with Crippen molar-refractivity contribution in [2.45, 2.75) is 19.8 Å². The lowest BCUT2D eigenvalue weighted by Crippen LogP contribution is -2.32. The number of rotatable bonds is 8. The molecule has 1 amide bonds. The van der Waals surface area contributed by atoms with Crippen LogP contribution in [0.1, 0.15) is 28.9 Å². The Kier molecular flexibility index (Phi) is 5.86. The number of ketones is 1. The number of aromatic nitrogens is 1. The number of aryl methyl sites for hydroxylation is 1. The van der Waals surface area contributed by atoms with Crippen LogP contribution >= 0.6 is 0 Å². The Balaban J connectivity index is 1.44. The zero-order chi connectivity index (χ0) is 19.2. The number of hydrogen-bond donors (Lipinski definition) is 2. The Bertz CT molecular complexity index is 948. The zero-order valence-electron chi connectivity index (χ0n) is 15.0. The summed E-state index contributed by atoms with van der Waals surface area (Å²) in [7, 11) is 0. The fourth-order valence-electron chi connectivity index (χ4n) is 2.91. The maximum absolute atomic E-state index is 12.8. The number of unbranched alkanes of at least 4 members (excludes halogenated alkanes) is 1. The highest BCUT2D eigenvalue weighted by Crippen LogP contribution is 2.22. The highest BCUT2D eigenvalue weighted by molar-refractivity contribution is 6.45. The number of benzene rings is 2. The van der Waals surface area contributed by atoms with Crippen molar-refractivity contribution in [1.29, 1.82) is 0 Å². The predicted octanol–water partition coefficient (Wildman–Crippen LogP) is 3.77. The number of carbonyl (C=O) groups is 2. The van der Waals surface area contributed by atoms with E-state index in [1.54, 1.807) is 19.1 Å². The molecule has 140 valence electrons. The lowest BCUT2D eigenvalue weighted by atomic mass is 10.1. The standard InChI is InChI=1S/C21H21FN2O3/c1-14-19(17-6-2-3-7-18(17)24-14)20(25)21(26)23-12-4-5-13-27-16-10-8-15(22)9-11-16/h2-3,6-11,24H,4-5,12-13H2,1H3,(H,23,26). The van der Waals surface area contributed by atoms with Crippen molar-refractivity contribution >= 4 is 22.6 Å². The molecule has 1 heterocycles. The summed E-state index contributed by atoms with van der Waals surface area (Å²) in [6, 6.07) is 13.2. The van der Waals surface area contributed by atoms with Gasteiger partial charge in [0.1, 0.15) is 11.6 Å².